The number of thiazole rings is 1. The number of nitrogens with zero attached hydrogens (tertiary/aromatic N) is 2. The van der Waals surface area contributed by atoms with Crippen molar-refractivity contribution in [3.05, 3.63) is 40.0 Å². The molecule has 0 atom stereocenters. The van der Waals surface area contributed by atoms with Gasteiger partial charge < -0.3 is 4.74 Å². The number of hydrogen-bond donors (Lipinski definition) is 1. The van der Waals surface area contributed by atoms with Gasteiger partial charge in [-0.25, -0.2) is 4.98 Å². The number of anilines is 1. The zero-order valence-electron chi connectivity index (χ0n) is 14.3. The van der Waals surface area contributed by atoms with Gasteiger partial charge in [-0.3, -0.25) is 15.1 Å². The minimum absolute atomic E-state index is 0.127. The minimum Gasteiger partial charge on any atom is -0.381 e. The number of aromatic nitrogens is 2. The summed E-state index contributed by atoms with van der Waals surface area (Å²) in [5.41, 5.74) is 2.16. The van der Waals surface area contributed by atoms with Crippen molar-refractivity contribution in [2.24, 2.45) is 5.41 Å². The van der Waals surface area contributed by atoms with Crippen molar-refractivity contribution in [2.45, 2.75) is 32.1 Å². The first kappa shape index (κ1) is 16.4. The maximum Gasteiger partial charge on any atom is 0.260 e. The van der Waals surface area contributed by atoms with Gasteiger partial charge in [0.15, 0.2) is 5.13 Å². The van der Waals surface area contributed by atoms with E-state index in [0.29, 0.717) is 16.1 Å². The van der Waals surface area contributed by atoms with E-state index in [-0.39, 0.29) is 5.91 Å². The lowest BCUT2D eigenvalue weighted by Gasteiger charge is -2.39. The number of pyridine rings is 1. The SMILES string of the molecule is O=C(Nc1nc2c(s1)CC1(CCOCC1)CC2)c1cncc2ccsc12. The molecule has 0 unspecified atom stereocenters. The van der Waals surface area contributed by atoms with Crippen LogP contribution in [0.25, 0.3) is 10.1 Å². The van der Waals surface area contributed by atoms with Gasteiger partial charge in [0.2, 0.25) is 0 Å². The monoisotopic (exact) mass is 385 g/mol. The van der Waals surface area contributed by atoms with E-state index in [1.165, 1.54) is 11.3 Å². The topological polar surface area (TPSA) is 64.1 Å². The highest BCUT2D eigenvalue weighted by Crippen LogP contribution is 2.45. The Morgan fingerprint density at radius 3 is 3.00 bits per heavy atom. The van der Waals surface area contributed by atoms with Crippen LogP contribution in [0, 0.1) is 5.41 Å². The van der Waals surface area contributed by atoms with E-state index < -0.39 is 0 Å². The van der Waals surface area contributed by atoms with Gasteiger partial charge in [-0.05, 0) is 49.0 Å². The summed E-state index contributed by atoms with van der Waals surface area (Å²) < 4.78 is 6.52. The first-order valence-electron chi connectivity index (χ1n) is 8.91. The third kappa shape index (κ3) is 2.84. The molecule has 4 heterocycles. The van der Waals surface area contributed by atoms with Crippen LogP contribution >= 0.6 is 22.7 Å². The Balaban J connectivity index is 1.37. The number of carbonyl (C=O) groups excluding carboxylic acids is 1. The van der Waals surface area contributed by atoms with E-state index >= 15 is 0 Å². The van der Waals surface area contributed by atoms with Crippen LogP contribution in [0.3, 0.4) is 0 Å². The number of rotatable bonds is 2. The fraction of sp³-hybridized carbons (Fsp3) is 0.421. The van der Waals surface area contributed by atoms with Crippen LogP contribution < -0.4 is 5.32 Å². The lowest BCUT2D eigenvalue weighted by atomic mass is 9.70. The molecule has 1 N–H and O–H groups in total. The average Bonchev–Trinajstić information content (AvgIpc) is 3.27. The summed E-state index contributed by atoms with van der Waals surface area (Å²) in [5, 5.41) is 6.69. The molecule has 1 aliphatic carbocycles. The first-order valence-corrected chi connectivity index (χ1v) is 10.6. The zero-order valence-corrected chi connectivity index (χ0v) is 15.9. The van der Waals surface area contributed by atoms with Crippen molar-refractivity contribution in [1.82, 2.24) is 9.97 Å². The molecule has 0 radical (unpaired) electrons. The number of aryl methyl sites for hydroxylation is 1. The van der Waals surface area contributed by atoms with Crippen LogP contribution in [0.1, 0.15) is 40.2 Å². The number of thiophene rings is 1. The third-order valence-electron chi connectivity index (χ3n) is 5.58. The Bertz CT molecular complexity index is 972. The fourth-order valence-corrected chi connectivity index (χ4v) is 6.09. The molecule has 134 valence electrons. The number of nitrogens with one attached hydrogen (secondary N) is 1. The number of ether oxygens (including phenoxy) is 1. The lowest BCUT2D eigenvalue weighted by Crippen LogP contribution is -2.34. The Morgan fingerprint density at radius 2 is 2.12 bits per heavy atom. The van der Waals surface area contributed by atoms with Crippen LogP contribution in [0.4, 0.5) is 5.13 Å². The fourth-order valence-electron chi connectivity index (χ4n) is 4.03. The number of fused-ring (bicyclic) bond motifs is 2. The second kappa shape index (κ2) is 6.40. The maximum atomic E-state index is 12.7. The van der Waals surface area contributed by atoms with Crippen molar-refractivity contribution in [1.29, 1.82) is 0 Å². The number of amides is 1. The third-order valence-corrected chi connectivity index (χ3v) is 7.56. The summed E-state index contributed by atoms with van der Waals surface area (Å²) >= 11 is 3.20. The van der Waals surface area contributed by atoms with Gasteiger partial charge in [0.05, 0.1) is 16.0 Å². The average molecular weight is 386 g/mol. The van der Waals surface area contributed by atoms with Gasteiger partial charge >= 0.3 is 0 Å². The molecule has 1 amide bonds. The summed E-state index contributed by atoms with van der Waals surface area (Å²) in [7, 11) is 0. The molecule has 26 heavy (non-hydrogen) atoms. The Kier molecular flexibility index (Phi) is 4.03. The highest BCUT2D eigenvalue weighted by molar-refractivity contribution is 7.17. The summed E-state index contributed by atoms with van der Waals surface area (Å²) in [6, 6.07) is 1.99. The molecule has 2 aliphatic rings. The minimum atomic E-state index is -0.127. The van der Waals surface area contributed by atoms with Crippen molar-refractivity contribution in [3.8, 4) is 0 Å². The second-order valence-corrected chi connectivity index (χ2v) is 9.16. The van der Waals surface area contributed by atoms with Gasteiger partial charge in [0.25, 0.3) is 5.91 Å². The predicted molar refractivity (Wildman–Crippen MR) is 104 cm³/mol. The molecule has 1 spiro atoms. The van der Waals surface area contributed by atoms with Crippen LogP contribution in [0.2, 0.25) is 0 Å². The summed E-state index contributed by atoms with van der Waals surface area (Å²) in [6.45, 7) is 1.74. The Labute approximate surface area is 159 Å². The molecule has 0 aromatic carbocycles. The van der Waals surface area contributed by atoms with E-state index in [9.17, 15) is 4.79 Å². The standard InChI is InChI=1S/C19H19N3O2S2/c23-17(13-11-20-10-12-2-8-25-16(12)13)22-18-21-14-1-3-19(9-15(14)26-18)4-6-24-7-5-19/h2,8,10-11H,1,3-7,9H2,(H,21,22,23). The normalized spacial score (nSPS) is 18.8. The molecule has 3 aromatic heterocycles. The highest BCUT2D eigenvalue weighted by atomic mass is 32.1. The van der Waals surface area contributed by atoms with Crippen LogP contribution in [-0.4, -0.2) is 29.1 Å². The van der Waals surface area contributed by atoms with Crippen molar-refractivity contribution in [3.63, 3.8) is 0 Å². The van der Waals surface area contributed by atoms with Gasteiger partial charge in [-0.1, -0.05) is 0 Å². The molecule has 5 rings (SSSR count). The van der Waals surface area contributed by atoms with Crippen molar-refractivity contribution < 1.29 is 9.53 Å². The molecule has 5 nitrogen and oxygen atoms in total. The van der Waals surface area contributed by atoms with E-state index in [1.54, 1.807) is 35.1 Å². The zero-order chi connectivity index (χ0) is 17.6. The van der Waals surface area contributed by atoms with E-state index in [2.05, 4.69) is 10.3 Å². The molecule has 0 saturated carbocycles. The Hall–Kier alpha value is -1.83. The summed E-state index contributed by atoms with van der Waals surface area (Å²) in [4.78, 5) is 23.0. The second-order valence-electron chi connectivity index (χ2n) is 7.16. The molecular weight excluding hydrogens is 366 g/mol. The lowest BCUT2D eigenvalue weighted by molar-refractivity contribution is 0.00784. The van der Waals surface area contributed by atoms with Crippen LogP contribution in [0.15, 0.2) is 23.8 Å². The predicted octanol–water partition coefficient (Wildman–Crippen LogP) is 4.29. The van der Waals surface area contributed by atoms with E-state index in [0.717, 1.165) is 54.7 Å². The van der Waals surface area contributed by atoms with Crippen LogP contribution in [-0.2, 0) is 17.6 Å². The van der Waals surface area contributed by atoms with Crippen molar-refractivity contribution in [2.75, 3.05) is 18.5 Å². The number of hydrogen-bond acceptors (Lipinski definition) is 6. The molecule has 1 aliphatic heterocycles. The molecule has 0 bridgehead atoms. The van der Waals surface area contributed by atoms with Gasteiger partial charge in [-0.2, -0.15) is 0 Å². The smallest absolute Gasteiger partial charge is 0.260 e. The van der Waals surface area contributed by atoms with E-state index in [4.69, 9.17) is 9.72 Å². The maximum absolute atomic E-state index is 12.7. The first-order chi connectivity index (χ1) is 12.7. The van der Waals surface area contributed by atoms with Gasteiger partial charge in [0.1, 0.15) is 0 Å². The van der Waals surface area contributed by atoms with E-state index in [1.807, 2.05) is 11.4 Å². The number of carbonyl (C=O) groups is 1. The summed E-state index contributed by atoms with van der Waals surface area (Å²) in [5.74, 6) is -0.127. The quantitative estimate of drug-likeness (QED) is 0.715. The highest BCUT2D eigenvalue weighted by Gasteiger charge is 2.37. The Morgan fingerprint density at radius 1 is 1.23 bits per heavy atom. The molecule has 1 saturated heterocycles. The molecular formula is C19H19N3O2S2. The van der Waals surface area contributed by atoms with Gasteiger partial charge in [-0.15, -0.1) is 22.7 Å². The van der Waals surface area contributed by atoms with Crippen LogP contribution in [0.5, 0.6) is 0 Å². The van der Waals surface area contributed by atoms with Gasteiger partial charge in [0, 0.05) is 35.9 Å². The molecule has 7 heteroatoms. The molecule has 3 aromatic rings. The largest absolute Gasteiger partial charge is 0.381 e. The summed E-state index contributed by atoms with van der Waals surface area (Å²) in [6.07, 6.45) is 8.96. The van der Waals surface area contributed by atoms with Crippen molar-refractivity contribution >= 4 is 43.8 Å². The molecule has 1 fully saturated rings.